The van der Waals surface area contributed by atoms with E-state index in [9.17, 15) is 4.79 Å². The van der Waals surface area contributed by atoms with E-state index in [1.165, 1.54) is 11.1 Å². The summed E-state index contributed by atoms with van der Waals surface area (Å²) in [5.41, 5.74) is 2.77. The SMILES string of the molecule is O=C(O)c1cccc(OCCN2CCN(C(c3ccccc3)c3ccc(Cl)cc3)CC2)c1. The van der Waals surface area contributed by atoms with Gasteiger partial charge in [0, 0.05) is 37.7 Å². The maximum atomic E-state index is 11.1. The van der Waals surface area contributed by atoms with Crippen LogP contribution in [0.25, 0.3) is 0 Å². The van der Waals surface area contributed by atoms with Crippen LogP contribution in [0.15, 0.2) is 78.9 Å². The molecule has 1 atom stereocenters. The van der Waals surface area contributed by atoms with Gasteiger partial charge in [0.2, 0.25) is 0 Å². The van der Waals surface area contributed by atoms with Gasteiger partial charge in [0.1, 0.15) is 12.4 Å². The van der Waals surface area contributed by atoms with Gasteiger partial charge in [0.25, 0.3) is 0 Å². The Morgan fingerprint density at radius 2 is 1.59 bits per heavy atom. The van der Waals surface area contributed by atoms with E-state index in [0.29, 0.717) is 12.4 Å². The zero-order valence-electron chi connectivity index (χ0n) is 17.9. The van der Waals surface area contributed by atoms with Crippen LogP contribution in [0.4, 0.5) is 0 Å². The quantitative estimate of drug-likeness (QED) is 0.533. The number of aromatic carboxylic acids is 1. The van der Waals surface area contributed by atoms with E-state index in [4.69, 9.17) is 21.4 Å². The summed E-state index contributed by atoms with van der Waals surface area (Å²) in [6.07, 6.45) is 0. The minimum Gasteiger partial charge on any atom is -0.492 e. The van der Waals surface area contributed by atoms with Crippen molar-refractivity contribution in [3.05, 3.63) is 101 Å². The van der Waals surface area contributed by atoms with E-state index in [-0.39, 0.29) is 11.6 Å². The standard InChI is InChI=1S/C26H27ClN2O3/c27-23-11-9-21(10-12-23)25(20-5-2-1-3-6-20)29-15-13-28(14-16-29)17-18-32-24-8-4-7-22(19-24)26(30)31/h1-12,19,25H,13-18H2,(H,30,31). The fourth-order valence-electron chi connectivity index (χ4n) is 4.15. The van der Waals surface area contributed by atoms with Crippen molar-refractivity contribution in [1.29, 1.82) is 0 Å². The molecule has 1 aliphatic heterocycles. The first-order valence-corrected chi connectivity index (χ1v) is 11.2. The van der Waals surface area contributed by atoms with E-state index in [0.717, 1.165) is 37.7 Å². The van der Waals surface area contributed by atoms with Crippen LogP contribution in [0.2, 0.25) is 5.02 Å². The summed E-state index contributed by atoms with van der Waals surface area (Å²) < 4.78 is 5.79. The smallest absolute Gasteiger partial charge is 0.335 e. The van der Waals surface area contributed by atoms with Gasteiger partial charge in [0.05, 0.1) is 11.6 Å². The number of piperazine rings is 1. The predicted molar refractivity (Wildman–Crippen MR) is 127 cm³/mol. The molecule has 0 aromatic heterocycles. The summed E-state index contributed by atoms with van der Waals surface area (Å²) in [6.45, 7) is 5.16. The lowest BCUT2D eigenvalue weighted by molar-refractivity contribution is 0.0696. The second kappa shape index (κ2) is 10.6. The number of hydrogen-bond donors (Lipinski definition) is 1. The lowest BCUT2D eigenvalue weighted by Crippen LogP contribution is -2.48. The van der Waals surface area contributed by atoms with Crippen molar-refractivity contribution in [1.82, 2.24) is 9.80 Å². The normalized spacial score (nSPS) is 15.9. The predicted octanol–water partition coefficient (Wildman–Crippen LogP) is 4.82. The molecule has 0 bridgehead atoms. The van der Waals surface area contributed by atoms with Crippen molar-refractivity contribution in [3.63, 3.8) is 0 Å². The Balaban J connectivity index is 1.34. The molecular weight excluding hydrogens is 424 g/mol. The Kier molecular flexibility index (Phi) is 7.43. The van der Waals surface area contributed by atoms with E-state index in [2.05, 4.69) is 46.2 Å². The van der Waals surface area contributed by atoms with Crippen LogP contribution in [0.5, 0.6) is 5.75 Å². The highest BCUT2D eigenvalue weighted by Gasteiger charge is 2.26. The molecular formula is C26H27ClN2O3. The number of rotatable bonds is 8. The van der Waals surface area contributed by atoms with Gasteiger partial charge in [-0.15, -0.1) is 0 Å². The highest BCUT2D eigenvalue weighted by Crippen LogP contribution is 2.30. The average Bonchev–Trinajstić information content (AvgIpc) is 2.82. The molecule has 1 heterocycles. The van der Waals surface area contributed by atoms with Crippen LogP contribution >= 0.6 is 11.6 Å². The van der Waals surface area contributed by atoms with Gasteiger partial charge in [-0.3, -0.25) is 9.80 Å². The van der Waals surface area contributed by atoms with E-state index >= 15 is 0 Å². The number of benzene rings is 3. The van der Waals surface area contributed by atoms with E-state index < -0.39 is 5.97 Å². The Hall–Kier alpha value is -2.86. The Morgan fingerprint density at radius 1 is 0.906 bits per heavy atom. The molecule has 3 aromatic carbocycles. The third kappa shape index (κ3) is 5.68. The van der Waals surface area contributed by atoms with Gasteiger partial charge in [0.15, 0.2) is 0 Å². The first kappa shape index (κ1) is 22.3. The Bertz CT molecular complexity index is 1020. The maximum Gasteiger partial charge on any atom is 0.335 e. The third-order valence-corrected chi connectivity index (χ3v) is 6.08. The summed E-state index contributed by atoms with van der Waals surface area (Å²) in [6, 6.07) is 25.6. The van der Waals surface area contributed by atoms with Crippen molar-refractivity contribution in [2.75, 3.05) is 39.3 Å². The lowest BCUT2D eigenvalue weighted by atomic mass is 9.96. The number of carboxylic acids is 1. The van der Waals surface area contributed by atoms with Crippen LogP contribution in [0, 0.1) is 0 Å². The minimum absolute atomic E-state index is 0.200. The zero-order valence-corrected chi connectivity index (χ0v) is 18.6. The number of halogens is 1. The van der Waals surface area contributed by atoms with Crippen LogP contribution in [0.1, 0.15) is 27.5 Å². The lowest BCUT2D eigenvalue weighted by Gasteiger charge is -2.39. The molecule has 0 amide bonds. The summed E-state index contributed by atoms with van der Waals surface area (Å²) in [7, 11) is 0. The highest BCUT2D eigenvalue weighted by atomic mass is 35.5. The molecule has 1 fully saturated rings. The average molecular weight is 451 g/mol. The monoisotopic (exact) mass is 450 g/mol. The molecule has 6 heteroatoms. The molecule has 1 unspecified atom stereocenters. The highest BCUT2D eigenvalue weighted by molar-refractivity contribution is 6.30. The fraction of sp³-hybridized carbons (Fsp3) is 0.269. The van der Waals surface area contributed by atoms with Crippen LogP contribution in [-0.2, 0) is 0 Å². The molecule has 1 aliphatic rings. The molecule has 1 saturated heterocycles. The number of ether oxygens (including phenoxy) is 1. The van der Waals surface area contributed by atoms with Crippen molar-refractivity contribution in [2.45, 2.75) is 6.04 Å². The molecule has 0 spiro atoms. The summed E-state index contributed by atoms with van der Waals surface area (Å²) in [4.78, 5) is 16.0. The zero-order chi connectivity index (χ0) is 22.3. The minimum atomic E-state index is -0.944. The molecule has 4 rings (SSSR count). The van der Waals surface area contributed by atoms with Crippen LogP contribution in [0.3, 0.4) is 0 Å². The van der Waals surface area contributed by atoms with Gasteiger partial charge < -0.3 is 9.84 Å². The molecule has 166 valence electrons. The van der Waals surface area contributed by atoms with E-state index in [1.807, 2.05) is 18.2 Å². The van der Waals surface area contributed by atoms with Gasteiger partial charge in [-0.2, -0.15) is 0 Å². The largest absolute Gasteiger partial charge is 0.492 e. The van der Waals surface area contributed by atoms with Crippen molar-refractivity contribution in [2.24, 2.45) is 0 Å². The second-order valence-electron chi connectivity index (χ2n) is 7.92. The Morgan fingerprint density at radius 3 is 2.28 bits per heavy atom. The number of nitrogens with zero attached hydrogens (tertiary/aromatic N) is 2. The van der Waals surface area contributed by atoms with Crippen molar-refractivity contribution in [3.8, 4) is 5.75 Å². The van der Waals surface area contributed by atoms with Crippen molar-refractivity contribution < 1.29 is 14.6 Å². The molecule has 32 heavy (non-hydrogen) atoms. The second-order valence-corrected chi connectivity index (χ2v) is 8.36. The molecule has 3 aromatic rings. The number of carboxylic acid groups (broad SMARTS) is 1. The van der Waals surface area contributed by atoms with Crippen LogP contribution in [-0.4, -0.2) is 60.2 Å². The molecule has 0 saturated carbocycles. The Labute approximate surface area is 193 Å². The first-order chi connectivity index (χ1) is 15.6. The molecule has 5 nitrogen and oxygen atoms in total. The third-order valence-electron chi connectivity index (χ3n) is 5.83. The van der Waals surface area contributed by atoms with Gasteiger partial charge in [-0.25, -0.2) is 4.79 Å². The maximum absolute atomic E-state index is 11.1. The fourth-order valence-corrected chi connectivity index (χ4v) is 4.28. The number of carbonyl (C=O) groups is 1. The molecule has 0 radical (unpaired) electrons. The molecule has 1 N–H and O–H groups in total. The first-order valence-electron chi connectivity index (χ1n) is 10.8. The van der Waals surface area contributed by atoms with Crippen LogP contribution < -0.4 is 4.74 Å². The van der Waals surface area contributed by atoms with Crippen molar-refractivity contribution >= 4 is 17.6 Å². The van der Waals surface area contributed by atoms with Gasteiger partial charge in [-0.05, 0) is 41.5 Å². The molecule has 0 aliphatic carbocycles. The van der Waals surface area contributed by atoms with Gasteiger partial charge in [-0.1, -0.05) is 60.1 Å². The number of hydrogen-bond acceptors (Lipinski definition) is 4. The summed E-state index contributed by atoms with van der Waals surface area (Å²) >= 11 is 6.12. The van der Waals surface area contributed by atoms with E-state index in [1.54, 1.807) is 24.3 Å². The summed E-state index contributed by atoms with van der Waals surface area (Å²) in [5.74, 6) is -0.351. The van der Waals surface area contributed by atoms with Gasteiger partial charge >= 0.3 is 5.97 Å². The summed E-state index contributed by atoms with van der Waals surface area (Å²) in [5, 5.41) is 9.86. The topological polar surface area (TPSA) is 53.0 Å².